The molecule has 2 aliphatic rings. The fourth-order valence-corrected chi connectivity index (χ4v) is 5.47. The van der Waals surface area contributed by atoms with Gasteiger partial charge in [-0.25, -0.2) is 0 Å². The first-order chi connectivity index (χ1) is 21.8. The van der Waals surface area contributed by atoms with Crippen molar-refractivity contribution >= 4 is 11.9 Å². The van der Waals surface area contributed by atoms with Crippen molar-refractivity contribution in [1.82, 2.24) is 0 Å². The topological polar surface area (TPSA) is 262 Å². The highest BCUT2D eigenvalue weighted by Crippen LogP contribution is 2.30. The highest BCUT2D eigenvalue weighted by atomic mass is 16.7. The van der Waals surface area contributed by atoms with Crippen LogP contribution in [0.1, 0.15) is 84.0 Å². The van der Waals surface area contributed by atoms with Crippen molar-refractivity contribution in [3.63, 3.8) is 0 Å². The number of unbranched alkanes of at least 4 members (excludes halogenated alkanes) is 8. The lowest BCUT2D eigenvalue weighted by atomic mass is 9.97. The van der Waals surface area contributed by atoms with Crippen LogP contribution in [-0.2, 0) is 33.3 Å². The third-order valence-corrected chi connectivity index (χ3v) is 8.17. The molecule has 0 radical (unpaired) electrons. The maximum absolute atomic E-state index is 11.5. The molecule has 12 atom stereocenters. The number of aliphatic carboxylic acids is 1. The molecular weight excluding hydrogens is 616 g/mol. The van der Waals surface area contributed by atoms with Crippen LogP contribution < -0.4 is 0 Å². The average molecular weight is 671 g/mol. The standard InChI is InChI=1S/C30H54O16/c1-17(32)42-16-21-28(46-30-26(40)24(38)23(37)20(14-31)44-30)25(39)27(41)29(45-21)43-15-19(34)12-10-8-6-4-2-3-5-7-9-11-18(33)13-22(35)36/h18-21,23-31,33-34,37-41H,2-16H2,1H3,(H,35,36). The highest BCUT2D eigenvalue weighted by Gasteiger charge is 2.51. The van der Waals surface area contributed by atoms with Gasteiger partial charge in [0, 0.05) is 6.92 Å². The average Bonchev–Trinajstić information content (AvgIpc) is 3.00. The summed E-state index contributed by atoms with van der Waals surface area (Å²) in [6.45, 7) is -0.221. The number of hydrogen-bond donors (Lipinski definition) is 9. The van der Waals surface area contributed by atoms with Gasteiger partial charge in [-0.3, -0.25) is 9.59 Å². The number of hydrogen-bond acceptors (Lipinski definition) is 15. The lowest BCUT2D eigenvalue weighted by Crippen LogP contribution is -2.65. The van der Waals surface area contributed by atoms with Crippen LogP contribution >= 0.6 is 0 Å². The Labute approximate surface area is 268 Å². The molecule has 9 N–H and O–H groups in total. The van der Waals surface area contributed by atoms with Crippen LogP contribution in [0.25, 0.3) is 0 Å². The van der Waals surface area contributed by atoms with E-state index in [1.54, 1.807) is 0 Å². The largest absolute Gasteiger partial charge is 0.481 e. The quantitative estimate of drug-likeness (QED) is 0.0478. The summed E-state index contributed by atoms with van der Waals surface area (Å²) in [6.07, 6.45) is -7.97. The number of ether oxygens (including phenoxy) is 5. The van der Waals surface area contributed by atoms with Gasteiger partial charge in [0.1, 0.15) is 55.4 Å². The number of carbonyl (C=O) groups excluding carboxylic acids is 1. The Morgan fingerprint density at radius 2 is 1.22 bits per heavy atom. The van der Waals surface area contributed by atoms with Crippen LogP contribution in [0.5, 0.6) is 0 Å². The van der Waals surface area contributed by atoms with Gasteiger partial charge in [0.05, 0.1) is 31.8 Å². The van der Waals surface area contributed by atoms with Gasteiger partial charge in [0.25, 0.3) is 0 Å². The third kappa shape index (κ3) is 13.9. The Morgan fingerprint density at radius 3 is 1.76 bits per heavy atom. The molecule has 0 aromatic heterocycles. The molecule has 0 amide bonds. The zero-order chi connectivity index (χ0) is 34.2. The molecule has 2 aliphatic heterocycles. The molecule has 2 fully saturated rings. The zero-order valence-electron chi connectivity index (χ0n) is 26.4. The normalized spacial score (nSPS) is 33.0. The van der Waals surface area contributed by atoms with E-state index in [9.17, 15) is 50.4 Å². The molecule has 12 unspecified atom stereocenters. The lowest BCUT2D eigenvalue weighted by molar-refractivity contribution is -0.360. The van der Waals surface area contributed by atoms with Gasteiger partial charge in [-0.05, 0) is 12.8 Å². The first kappa shape index (κ1) is 40.6. The van der Waals surface area contributed by atoms with Crippen molar-refractivity contribution in [2.75, 3.05) is 19.8 Å². The molecule has 2 rings (SSSR count). The number of aliphatic hydroxyl groups excluding tert-OH is 8. The second-order valence-corrected chi connectivity index (χ2v) is 12.1. The van der Waals surface area contributed by atoms with Gasteiger partial charge < -0.3 is 69.6 Å². The van der Waals surface area contributed by atoms with Crippen LogP contribution in [0.2, 0.25) is 0 Å². The van der Waals surface area contributed by atoms with E-state index in [1.807, 2.05) is 0 Å². The minimum Gasteiger partial charge on any atom is -0.481 e. The number of carbonyl (C=O) groups is 2. The van der Waals surface area contributed by atoms with Crippen LogP contribution in [0.4, 0.5) is 0 Å². The van der Waals surface area contributed by atoms with Crippen LogP contribution in [0.3, 0.4) is 0 Å². The zero-order valence-corrected chi connectivity index (χ0v) is 26.4. The Kier molecular flexibility index (Phi) is 18.9. The summed E-state index contributed by atoms with van der Waals surface area (Å²) in [5, 5.41) is 90.0. The molecule has 0 saturated carbocycles. The first-order valence-electron chi connectivity index (χ1n) is 16.2. The highest BCUT2D eigenvalue weighted by molar-refractivity contribution is 5.67. The maximum Gasteiger partial charge on any atom is 0.305 e. The van der Waals surface area contributed by atoms with Crippen molar-refractivity contribution in [3.8, 4) is 0 Å². The van der Waals surface area contributed by atoms with Gasteiger partial charge in [0.15, 0.2) is 12.6 Å². The van der Waals surface area contributed by atoms with Crippen molar-refractivity contribution in [2.45, 2.75) is 158 Å². The van der Waals surface area contributed by atoms with E-state index in [2.05, 4.69) is 0 Å². The van der Waals surface area contributed by atoms with Gasteiger partial charge in [-0.2, -0.15) is 0 Å². The molecule has 270 valence electrons. The summed E-state index contributed by atoms with van der Waals surface area (Å²) in [4.78, 5) is 22.0. The van der Waals surface area contributed by atoms with Crippen molar-refractivity contribution in [2.24, 2.45) is 0 Å². The second-order valence-electron chi connectivity index (χ2n) is 12.1. The van der Waals surface area contributed by atoms with E-state index in [1.165, 1.54) is 0 Å². The molecule has 2 saturated heterocycles. The Morgan fingerprint density at radius 1 is 0.696 bits per heavy atom. The summed E-state index contributed by atoms with van der Waals surface area (Å²) >= 11 is 0. The Balaban J connectivity index is 1.72. The van der Waals surface area contributed by atoms with Crippen molar-refractivity contribution < 1.29 is 79.2 Å². The summed E-state index contributed by atoms with van der Waals surface area (Å²) in [7, 11) is 0. The smallest absolute Gasteiger partial charge is 0.305 e. The predicted octanol–water partition coefficient (Wildman–Crippen LogP) is -1.31. The van der Waals surface area contributed by atoms with Crippen LogP contribution in [-0.4, -0.2) is 151 Å². The van der Waals surface area contributed by atoms with Crippen molar-refractivity contribution in [3.05, 3.63) is 0 Å². The summed E-state index contributed by atoms with van der Waals surface area (Å²) in [5.74, 6) is -1.66. The minimum absolute atomic E-state index is 0.214. The van der Waals surface area contributed by atoms with E-state index in [0.29, 0.717) is 12.8 Å². The summed E-state index contributed by atoms with van der Waals surface area (Å²) in [6, 6.07) is 0. The molecule has 2 heterocycles. The molecule has 16 heteroatoms. The number of aliphatic hydroxyl groups is 8. The number of rotatable bonds is 22. The summed E-state index contributed by atoms with van der Waals surface area (Å²) < 4.78 is 27.2. The van der Waals surface area contributed by atoms with Gasteiger partial charge in [-0.1, -0.05) is 57.8 Å². The Hall–Kier alpha value is -1.54. The molecule has 0 aromatic rings. The molecule has 16 nitrogen and oxygen atoms in total. The molecule has 46 heavy (non-hydrogen) atoms. The molecule has 0 spiro atoms. The number of esters is 1. The van der Waals surface area contributed by atoms with Gasteiger partial charge in [0.2, 0.25) is 0 Å². The van der Waals surface area contributed by atoms with Gasteiger partial charge in [-0.15, -0.1) is 0 Å². The number of carboxylic acids is 1. The fourth-order valence-electron chi connectivity index (χ4n) is 5.47. The molecule has 0 bridgehead atoms. The first-order valence-corrected chi connectivity index (χ1v) is 16.2. The van der Waals surface area contributed by atoms with E-state index in [-0.39, 0.29) is 13.0 Å². The second kappa shape index (κ2) is 21.4. The van der Waals surface area contributed by atoms with E-state index < -0.39 is 98.8 Å². The SMILES string of the molecule is CC(=O)OCC1OC(OCC(O)CCCCCCCCCCCC(O)CC(=O)O)C(O)C(O)C1OC1OC(CO)C(O)C(O)C1O. The van der Waals surface area contributed by atoms with Crippen LogP contribution in [0, 0.1) is 0 Å². The lowest BCUT2D eigenvalue weighted by Gasteiger charge is -2.46. The van der Waals surface area contributed by atoms with Gasteiger partial charge >= 0.3 is 11.9 Å². The third-order valence-electron chi connectivity index (χ3n) is 8.17. The Bertz CT molecular complexity index is 861. The fraction of sp³-hybridized carbons (Fsp3) is 0.933. The minimum atomic E-state index is -1.79. The molecule has 0 aliphatic carbocycles. The summed E-state index contributed by atoms with van der Waals surface area (Å²) in [5.41, 5.74) is 0. The number of carboxylic acid groups (broad SMARTS) is 1. The molecule has 0 aromatic carbocycles. The van der Waals surface area contributed by atoms with E-state index in [4.69, 9.17) is 28.8 Å². The predicted molar refractivity (Wildman–Crippen MR) is 157 cm³/mol. The van der Waals surface area contributed by atoms with Crippen LogP contribution in [0.15, 0.2) is 0 Å². The monoisotopic (exact) mass is 670 g/mol. The van der Waals surface area contributed by atoms with Crippen molar-refractivity contribution in [1.29, 1.82) is 0 Å². The molecular formula is C30H54O16. The van der Waals surface area contributed by atoms with E-state index in [0.717, 1.165) is 64.7 Å². The van der Waals surface area contributed by atoms with E-state index >= 15 is 0 Å². The maximum atomic E-state index is 11.5.